The highest BCUT2D eigenvalue weighted by Crippen LogP contribution is 2.52. The van der Waals surface area contributed by atoms with E-state index in [2.05, 4.69) is 285 Å². The number of fused-ring (bicyclic) bond motifs is 6. The molecule has 0 N–H and O–H groups in total. The van der Waals surface area contributed by atoms with Gasteiger partial charge in [-0.2, -0.15) is 0 Å². The Morgan fingerprint density at radius 1 is 0.257 bits per heavy atom. The van der Waals surface area contributed by atoms with Gasteiger partial charge in [-0.15, -0.1) is 0 Å². The molecule has 0 bridgehead atoms. The fourth-order valence-corrected chi connectivity index (χ4v) is 12.6. The quantitative estimate of drug-likeness (QED) is 0.142. The van der Waals surface area contributed by atoms with E-state index in [1.54, 1.807) is 0 Å². The zero-order chi connectivity index (χ0) is 51.2. The van der Waals surface area contributed by atoms with Gasteiger partial charge in [0.1, 0.15) is 0 Å². The summed E-state index contributed by atoms with van der Waals surface area (Å²) in [7, 11) is 0. The summed E-state index contributed by atoms with van der Waals surface area (Å²) in [5.41, 5.74) is 32.7. The summed E-state index contributed by atoms with van der Waals surface area (Å²) in [6.07, 6.45) is 0. The maximum absolute atomic E-state index is 2.46. The lowest BCUT2D eigenvalue weighted by Crippen LogP contribution is -2.15. The fourth-order valence-electron chi connectivity index (χ4n) is 12.6. The van der Waals surface area contributed by atoms with Crippen LogP contribution in [0.3, 0.4) is 0 Å². The molecule has 10 aromatic carbocycles. The molecule has 0 saturated heterocycles. The molecule has 0 fully saturated rings. The third kappa shape index (κ3) is 7.61. The van der Waals surface area contributed by atoms with Crippen molar-refractivity contribution in [1.29, 1.82) is 0 Å². The third-order valence-corrected chi connectivity index (χ3v) is 16.6. The van der Waals surface area contributed by atoms with E-state index in [1.165, 1.54) is 134 Å². The maximum atomic E-state index is 2.46. The van der Waals surface area contributed by atoms with Crippen LogP contribution in [0.5, 0.6) is 0 Å². The van der Waals surface area contributed by atoms with E-state index >= 15 is 0 Å². The van der Waals surface area contributed by atoms with Crippen molar-refractivity contribution < 1.29 is 0 Å². The Morgan fingerprint density at radius 2 is 0.568 bits per heavy atom. The number of hydrogen-bond donors (Lipinski definition) is 0. The number of hydrogen-bond acceptors (Lipinski definition) is 2. The van der Waals surface area contributed by atoms with Crippen LogP contribution in [-0.2, 0) is 10.8 Å². The molecule has 74 heavy (non-hydrogen) atoms. The van der Waals surface area contributed by atoms with Gasteiger partial charge < -0.3 is 9.80 Å². The number of aryl methyl sites for hydroxylation is 6. The molecular weight excluding hydrogens is 893 g/mol. The number of anilines is 6. The normalized spacial score (nSPS) is 13.5. The first-order chi connectivity index (χ1) is 35.7. The molecule has 2 heteroatoms. The highest BCUT2D eigenvalue weighted by atomic mass is 15.2. The van der Waals surface area contributed by atoms with Crippen LogP contribution < -0.4 is 9.80 Å². The lowest BCUT2D eigenvalue weighted by atomic mass is 9.81. The van der Waals surface area contributed by atoms with Crippen LogP contribution in [0.15, 0.2) is 206 Å². The second-order valence-corrected chi connectivity index (χ2v) is 22.1. The molecule has 2 aliphatic carbocycles. The Hall–Kier alpha value is -8.20. The second-order valence-electron chi connectivity index (χ2n) is 22.1. The monoisotopic (exact) mass is 957 g/mol. The molecule has 0 aliphatic heterocycles. The van der Waals surface area contributed by atoms with Crippen LogP contribution in [0.2, 0.25) is 0 Å². The lowest BCUT2D eigenvalue weighted by Gasteiger charge is -2.31. The van der Waals surface area contributed by atoms with E-state index in [1.807, 2.05) is 0 Å². The molecule has 12 rings (SSSR count). The predicted octanol–water partition coefficient (Wildman–Crippen LogP) is 20.1. The lowest BCUT2D eigenvalue weighted by molar-refractivity contribution is 0.660. The number of nitrogens with zero attached hydrogens (tertiary/aromatic N) is 2. The molecule has 0 heterocycles. The van der Waals surface area contributed by atoms with Gasteiger partial charge in [-0.25, -0.2) is 0 Å². The summed E-state index contributed by atoms with van der Waals surface area (Å²) in [6, 6.07) is 77.4. The first-order valence-corrected chi connectivity index (χ1v) is 26.3. The van der Waals surface area contributed by atoms with E-state index < -0.39 is 0 Å². The van der Waals surface area contributed by atoms with Crippen molar-refractivity contribution in [3.63, 3.8) is 0 Å². The Morgan fingerprint density at radius 3 is 0.932 bits per heavy atom. The standard InChI is InChI=1S/C72H64N2/c1-45-17-15-18-46(2)69(45)73(57-33-25-51(26-34-57)55-29-37-61-59-21-11-13-23-63(59)71(7,8)65(61)43-55)67-39-31-53(41-49(67)5)54-32-40-68(50(6)42-54)74(70-47(3)19-16-20-48(70)4)58-35-27-52(28-36-58)56-30-38-62-60-22-12-14-24-64(60)72(9,10)66(62)44-56/h11-44H,1-10H3. The Bertz CT molecular complexity index is 3550. The third-order valence-electron chi connectivity index (χ3n) is 16.6. The minimum absolute atomic E-state index is 0.0454. The number of rotatable bonds is 9. The summed E-state index contributed by atoms with van der Waals surface area (Å²) in [5, 5.41) is 0. The van der Waals surface area contributed by atoms with Gasteiger partial charge >= 0.3 is 0 Å². The Labute approximate surface area is 439 Å². The summed E-state index contributed by atoms with van der Waals surface area (Å²) in [6.45, 7) is 22.8. The van der Waals surface area contributed by atoms with Crippen molar-refractivity contribution in [3.8, 4) is 55.6 Å². The Balaban J connectivity index is 0.867. The van der Waals surface area contributed by atoms with E-state index in [0.717, 1.165) is 11.4 Å². The van der Waals surface area contributed by atoms with Gasteiger partial charge in [-0.05, 0) is 213 Å². The number of benzene rings is 10. The molecule has 2 aliphatic rings. The molecule has 0 aromatic heterocycles. The van der Waals surface area contributed by atoms with E-state index in [-0.39, 0.29) is 10.8 Å². The molecule has 0 saturated carbocycles. The van der Waals surface area contributed by atoms with Gasteiger partial charge in [0.2, 0.25) is 0 Å². The SMILES string of the molecule is Cc1cc(-c2ccc(N(c3ccc(-c4ccc5c(c4)C(C)(C)c4ccccc4-5)cc3)c3c(C)cccc3C)c(C)c2)ccc1N(c1ccc(-c2ccc3c(c2)C(C)(C)c2ccccc2-3)cc1)c1c(C)cccc1C. The van der Waals surface area contributed by atoms with Crippen molar-refractivity contribution in [1.82, 2.24) is 0 Å². The van der Waals surface area contributed by atoms with Gasteiger partial charge in [0.25, 0.3) is 0 Å². The van der Waals surface area contributed by atoms with Crippen LogP contribution >= 0.6 is 0 Å². The zero-order valence-corrected chi connectivity index (χ0v) is 44.5. The summed E-state index contributed by atoms with van der Waals surface area (Å²) >= 11 is 0. The molecule has 0 spiro atoms. The first-order valence-electron chi connectivity index (χ1n) is 26.3. The van der Waals surface area contributed by atoms with Gasteiger partial charge in [0.05, 0.1) is 11.4 Å². The minimum Gasteiger partial charge on any atom is -0.310 e. The van der Waals surface area contributed by atoms with Crippen molar-refractivity contribution >= 4 is 34.1 Å². The van der Waals surface area contributed by atoms with Gasteiger partial charge in [0.15, 0.2) is 0 Å². The van der Waals surface area contributed by atoms with E-state index in [0.29, 0.717) is 0 Å². The van der Waals surface area contributed by atoms with Gasteiger partial charge in [-0.3, -0.25) is 0 Å². The first kappa shape index (κ1) is 46.8. The zero-order valence-electron chi connectivity index (χ0n) is 44.5. The number of para-hydroxylation sites is 2. The van der Waals surface area contributed by atoms with Crippen molar-refractivity contribution in [3.05, 3.63) is 262 Å². The molecule has 0 unspecified atom stereocenters. The second kappa shape index (κ2) is 17.8. The average molecular weight is 957 g/mol. The largest absolute Gasteiger partial charge is 0.310 e. The summed E-state index contributed by atoms with van der Waals surface area (Å²) in [5.74, 6) is 0. The minimum atomic E-state index is -0.0454. The molecular formula is C72H64N2. The highest BCUT2D eigenvalue weighted by molar-refractivity contribution is 5.89. The molecule has 0 atom stereocenters. The Kier molecular flexibility index (Phi) is 11.3. The van der Waals surface area contributed by atoms with Crippen LogP contribution in [-0.4, -0.2) is 0 Å². The van der Waals surface area contributed by atoms with Crippen LogP contribution in [0.25, 0.3) is 55.6 Å². The predicted molar refractivity (Wildman–Crippen MR) is 316 cm³/mol. The van der Waals surface area contributed by atoms with Crippen LogP contribution in [0.4, 0.5) is 34.1 Å². The van der Waals surface area contributed by atoms with Crippen molar-refractivity contribution in [2.45, 2.75) is 80.1 Å². The van der Waals surface area contributed by atoms with E-state index in [4.69, 9.17) is 0 Å². The van der Waals surface area contributed by atoms with Gasteiger partial charge in [0, 0.05) is 33.6 Å². The molecule has 10 aromatic rings. The molecule has 362 valence electrons. The van der Waals surface area contributed by atoms with Crippen molar-refractivity contribution in [2.75, 3.05) is 9.80 Å². The topological polar surface area (TPSA) is 6.48 Å². The molecule has 2 nitrogen and oxygen atoms in total. The molecule has 0 radical (unpaired) electrons. The van der Waals surface area contributed by atoms with Crippen molar-refractivity contribution in [2.24, 2.45) is 0 Å². The maximum Gasteiger partial charge on any atom is 0.0520 e. The average Bonchev–Trinajstić information content (AvgIpc) is 3.79. The summed E-state index contributed by atoms with van der Waals surface area (Å²) < 4.78 is 0. The van der Waals surface area contributed by atoms with Crippen LogP contribution in [0, 0.1) is 41.5 Å². The molecule has 0 amide bonds. The van der Waals surface area contributed by atoms with Gasteiger partial charge in [-0.1, -0.05) is 173 Å². The summed E-state index contributed by atoms with van der Waals surface area (Å²) in [4.78, 5) is 4.92. The van der Waals surface area contributed by atoms with E-state index in [9.17, 15) is 0 Å². The fraction of sp³-hybridized carbons (Fsp3) is 0.167. The smallest absolute Gasteiger partial charge is 0.0520 e. The highest BCUT2D eigenvalue weighted by Gasteiger charge is 2.36. The van der Waals surface area contributed by atoms with Crippen LogP contribution in [0.1, 0.15) is 83.3 Å².